The lowest BCUT2D eigenvalue weighted by molar-refractivity contribution is -0.140. The number of aromatic nitrogens is 2. The summed E-state index contributed by atoms with van der Waals surface area (Å²) in [5.74, 6) is -2.43. The van der Waals surface area contributed by atoms with Crippen LogP contribution in [0.15, 0.2) is 36.4 Å². The Balaban J connectivity index is 2.30. The molecule has 5 N–H and O–H groups in total. The molecule has 0 saturated carbocycles. The van der Waals surface area contributed by atoms with Gasteiger partial charge >= 0.3 is 6.18 Å². The highest BCUT2D eigenvalue weighted by Gasteiger charge is 2.38. The lowest BCUT2D eigenvalue weighted by Crippen LogP contribution is -2.07. The maximum atomic E-state index is 13.3. The normalized spacial score (nSPS) is 11.6. The number of aromatic hydroxyl groups is 4. The molecule has 2 aromatic carbocycles. The highest BCUT2D eigenvalue weighted by Crippen LogP contribution is 2.47. The van der Waals surface area contributed by atoms with Gasteiger partial charge in [0.15, 0.2) is 11.5 Å². The molecule has 0 aliphatic rings. The summed E-state index contributed by atoms with van der Waals surface area (Å²) < 4.78 is 39.9. The van der Waals surface area contributed by atoms with Crippen LogP contribution in [-0.2, 0) is 6.18 Å². The van der Waals surface area contributed by atoms with Crippen molar-refractivity contribution in [2.45, 2.75) is 6.18 Å². The summed E-state index contributed by atoms with van der Waals surface area (Å²) >= 11 is 0. The van der Waals surface area contributed by atoms with Crippen molar-refractivity contribution in [1.29, 1.82) is 0 Å². The van der Waals surface area contributed by atoms with Crippen LogP contribution in [0.2, 0.25) is 0 Å². The summed E-state index contributed by atoms with van der Waals surface area (Å²) in [5, 5.41) is 43.8. The van der Waals surface area contributed by atoms with E-state index in [1.807, 2.05) is 5.10 Å². The van der Waals surface area contributed by atoms with Crippen molar-refractivity contribution in [1.82, 2.24) is 10.2 Å². The zero-order chi connectivity index (χ0) is 18.4. The fourth-order valence-electron chi connectivity index (χ4n) is 2.41. The van der Waals surface area contributed by atoms with Gasteiger partial charge in [0, 0.05) is 11.1 Å². The first-order valence-corrected chi connectivity index (χ1v) is 6.89. The van der Waals surface area contributed by atoms with E-state index in [4.69, 9.17) is 0 Å². The second kappa shape index (κ2) is 5.62. The van der Waals surface area contributed by atoms with Gasteiger partial charge in [-0.2, -0.15) is 18.3 Å². The molecule has 0 spiro atoms. The molecule has 0 bridgehead atoms. The Bertz CT molecular complexity index is 934. The van der Waals surface area contributed by atoms with Gasteiger partial charge in [-0.05, 0) is 29.8 Å². The van der Waals surface area contributed by atoms with E-state index in [1.165, 1.54) is 24.3 Å². The van der Waals surface area contributed by atoms with E-state index in [-0.39, 0.29) is 28.1 Å². The average Bonchev–Trinajstić information content (AvgIpc) is 2.98. The Labute approximate surface area is 138 Å². The summed E-state index contributed by atoms with van der Waals surface area (Å²) in [6.45, 7) is 0. The molecule has 0 aliphatic heterocycles. The minimum atomic E-state index is -4.76. The molecule has 0 amide bonds. The summed E-state index contributed by atoms with van der Waals surface area (Å²) in [7, 11) is 0. The standard InChI is InChI=1S/C16H11F3N2O4/c17-16(18,19)15-11(7-1-3-8(22)4-2-7)12(20-21-15)9-5-6-10(23)14(25)13(9)24/h1-6,22-25H,(H,20,21). The summed E-state index contributed by atoms with van der Waals surface area (Å²) in [6, 6.07) is 7.09. The second-order valence-corrected chi connectivity index (χ2v) is 5.20. The van der Waals surface area contributed by atoms with Crippen molar-refractivity contribution >= 4 is 0 Å². The first-order chi connectivity index (χ1) is 11.7. The van der Waals surface area contributed by atoms with Crippen molar-refractivity contribution in [3.63, 3.8) is 0 Å². The minimum Gasteiger partial charge on any atom is -0.508 e. The Morgan fingerprint density at radius 3 is 2.08 bits per heavy atom. The summed E-state index contributed by atoms with van der Waals surface area (Å²) in [4.78, 5) is 0. The highest BCUT2D eigenvalue weighted by molar-refractivity contribution is 5.87. The molecule has 3 rings (SSSR count). The van der Waals surface area contributed by atoms with Crippen molar-refractivity contribution in [3.05, 3.63) is 42.1 Å². The van der Waals surface area contributed by atoms with Gasteiger partial charge in [0.25, 0.3) is 0 Å². The summed E-state index contributed by atoms with van der Waals surface area (Å²) in [6.07, 6.45) is -4.76. The topological polar surface area (TPSA) is 110 Å². The van der Waals surface area contributed by atoms with E-state index in [1.54, 1.807) is 0 Å². The van der Waals surface area contributed by atoms with Crippen LogP contribution in [0.4, 0.5) is 13.2 Å². The van der Waals surface area contributed by atoms with Gasteiger partial charge in [-0.15, -0.1) is 0 Å². The smallest absolute Gasteiger partial charge is 0.433 e. The van der Waals surface area contributed by atoms with E-state index in [0.29, 0.717) is 0 Å². The number of H-pyrrole nitrogens is 1. The highest BCUT2D eigenvalue weighted by atomic mass is 19.4. The summed E-state index contributed by atoms with van der Waals surface area (Å²) in [5.41, 5.74) is -1.91. The molecular formula is C16H11F3N2O4. The first-order valence-electron chi connectivity index (χ1n) is 6.89. The van der Waals surface area contributed by atoms with Crippen molar-refractivity contribution in [2.24, 2.45) is 0 Å². The number of nitrogens with zero attached hydrogens (tertiary/aromatic N) is 1. The molecule has 1 heterocycles. The molecule has 0 atom stereocenters. The molecule has 25 heavy (non-hydrogen) atoms. The Morgan fingerprint density at radius 2 is 1.48 bits per heavy atom. The lowest BCUT2D eigenvalue weighted by atomic mass is 9.97. The van der Waals surface area contributed by atoms with E-state index in [9.17, 15) is 33.6 Å². The molecule has 6 nitrogen and oxygen atoms in total. The van der Waals surface area contributed by atoms with Gasteiger partial charge in [-0.1, -0.05) is 12.1 Å². The monoisotopic (exact) mass is 352 g/mol. The molecule has 1 aromatic heterocycles. The molecule has 0 aliphatic carbocycles. The molecular weight excluding hydrogens is 341 g/mol. The second-order valence-electron chi connectivity index (χ2n) is 5.20. The van der Waals surface area contributed by atoms with Gasteiger partial charge < -0.3 is 20.4 Å². The molecule has 9 heteroatoms. The Morgan fingerprint density at radius 1 is 0.840 bits per heavy atom. The number of hydrogen-bond acceptors (Lipinski definition) is 5. The van der Waals surface area contributed by atoms with Gasteiger partial charge in [-0.3, -0.25) is 5.10 Å². The van der Waals surface area contributed by atoms with Crippen LogP contribution in [0, 0.1) is 0 Å². The largest absolute Gasteiger partial charge is 0.508 e. The zero-order valence-electron chi connectivity index (χ0n) is 12.3. The van der Waals surface area contributed by atoms with Crippen LogP contribution < -0.4 is 0 Å². The van der Waals surface area contributed by atoms with E-state index >= 15 is 0 Å². The SMILES string of the molecule is Oc1ccc(-c2c(-c3ccc(O)c(O)c3O)n[nH]c2C(F)(F)F)cc1. The third-order valence-corrected chi connectivity index (χ3v) is 3.59. The van der Waals surface area contributed by atoms with Gasteiger partial charge in [0.1, 0.15) is 17.1 Å². The lowest BCUT2D eigenvalue weighted by Gasteiger charge is -2.11. The number of halogens is 3. The van der Waals surface area contributed by atoms with Crippen molar-refractivity contribution in [3.8, 4) is 45.4 Å². The zero-order valence-corrected chi connectivity index (χ0v) is 12.3. The van der Waals surface area contributed by atoms with Crippen LogP contribution in [0.5, 0.6) is 23.0 Å². The average molecular weight is 352 g/mol. The minimum absolute atomic E-state index is 0.0841. The molecule has 3 aromatic rings. The van der Waals surface area contributed by atoms with E-state index in [2.05, 4.69) is 5.10 Å². The number of phenolic OH excluding ortho intramolecular Hbond substituents is 4. The number of alkyl halides is 3. The molecule has 0 radical (unpaired) electrons. The van der Waals surface area contributed by atoms with E-state index in [0.717, 1.165) is 12.1 Å². The molecule has 0 fully saturated rings. The van der Waals surface area contributed by atoms with Crippen LogP contribution in [-0.4, -0.2) is 30.6 Å². The number of nitrogens with one attached hydrogen (secondary N) is 1. The van der Waals surface area contributed by atoms with Crippen LogP contribution in [0.1, 0.15) is 5.69 Å². The van der Waals surface area contributed by atoms with Crippen molar-refractivity contribution < 1.29 is 33.6 Å². The third-order valence-electron chi connectivity index (χ3n) is 3.59. The van der Waals surface area contributed by atoms with Gasteiger partial charge in [0.2, 0.25) is 5.75 Å². The number of hydrogen-bond donors (Lipinski definition) is 5. The maximum absolute atomic E-state index is 13.3. The van der Waals surface area contributed by atoms with Crippen molar-refractivity contribution in [2.75, 3.05) is 0 Å². The number of benzene rings is 2. The van der Waals surface area contributed by atoms with E-state index < -0.39 is 29.1 Å². The number of phenols is 4. The third kappa shape index (κ3) is 2.80. The fraction of sp³-hybridized carbons (Fsp3) is 0.0625. The predicted octanol–water partition coefficient (Wildman–Crippen LogP) is 3.58. The molecule has 0 saturated heterocycles. The van der Waals surface area contributed by atoms with Crippen LogP contribution in [0.3, 0.4) is 0 Å². The molecule has 0 unspecified atom stereocenters. The fourth-order valence-corrected chi connectivity index (χ4v) is 2.41. The van der Waals surface area contributed by atoms with Crippen LogP contribution >= 0.6 is 0 Å². The Kier molecular flexibility index (Phi) is 3.71. The van der Waals surface area contributed by atoms with Crippen LogP contribution in [0.25, 0.3) is 22.4 Å². The predicted molar refractivity (Wildman–Crippen MR) is 81.1 cm³/mol. The maximum Gasteiger partial charge on any atom is 0.433 e. The molecule has 130 valence electrons. The van der Waals surface area contributed by atoms with Gasteiger partial charge in [-0.25, -0.2) is 0 Å². The van der Waals surface area contributed by atoms with Gasteiger partial charge in [0.05, 0.1) is 0 Å². The Hall–Kier alpha value is -3.36. The number of aromatic amines is 1. The quantitative estimate of drug-likeness (QED) is 0.453. The number of rotatable bonds is 2. The first kappa shape index (κ1) is 16.5.